The van der Waals surface area contributed by atoms with Crippen LogP contribution < -0.4 is 20.5 Å². The second kappa shape index (κ2) is 6.12. The van der Waals surface area contributed by atoms with Crippen LogP contribution in [0.5, 0.6) is 11.5 Å². The van der Waals surface area contributed by atoms with Gasteiger partial charge < -0.3 is 25.0 Å². The quantitative estimate of drug-likeness (QED) is 0.787. The van der Waals surface area contributed by atoms with Gasteiger partial charge in [-0.2, -0.15) is 4.98 Å². The summed E-state index contributed by atoms with van der Waals surface area (Å²) in [7, 11) is 2.98. The van der Waals surface area contributed by atoms with E-state index in [4.69, 9.17) is 19.7 Å². The van der Waals surface area contributed by atoms with Crippen molar-refractivity contribution >= 4 is 11.6 Å². The van der Waals surface area contributed by atoms with Gasteiger partial charge in [-0.1, -0.05) is 5.16 Å². The van der Waals surface area contributed by atoms with Crippen LogP contribution in [0.15, 0.2) is 16.7 Å². The smallest absolute Gasteiger partial charge is 0.253 e. The third kappa shape index (κ3) is 3.22. The van der Waals surface area contributed by atoms with Gasteiger partial charge in [0.1, 0.15) is 0 Å². The fourth-order valence-corrected chi connectivity index (χ4v) is 1.75. The zero-order valence-corrected chi connectivity index (χ0v) is 12.0. The van der Waals surface area contributed by atoms with Crippen LogP contribution in [0, 0.1) is 6.92 Å². The molecule has 1 aromatic heterocycles. The van der Waals surface area contributed by atoms with Crippen LogP contribution in [0.25, 0.3) is 0 Å². The van der Waals surface area contributed by atoms with Crippen LogP contribution in [0.1, 0.15) is 22.1 Å². The third-order valence-electron chi connectivity index (χ3n) is 2.77. The number of nitrogen functional groups attached to an aromatic ring is 1. The van der Waals surface area contributed by atoms with Crippen molar-refractivity contribution in [3.63, 3.8) is 0 Å². The maximum absolute atomic E-state index is 12.1. The van der Waals surface area contributed by atoms with Crippen molar-refractivity contribution < 1.29 is 18.8 Å². The first-order chi connectivity index (χ1) is 10.0. The minimum atomic E-state index is -0.371. The molecule has 8 heteroatoms. The summed E-state index contributed by atoms with van der Waals surface area (Å²) in [6.07, 6.45) is 0. The first-order valence-corrected chi connectivity index (χ1v) is 6.14. The van der Waals surface area contributed by atoms with Crippen LogP contribution in [-0.2, 0) is 6.54 Å². The van der Waals surface area contributed by atoms with Crippen LogP contribution >= 0.6 is 0 Å². The van der Waals surface area contributed by atoms with Crippen molar-refractivity contribution in [3.8, 4) is 11.5 Å². The Morgan fingerprint density at radius 2 is 2.00 bits per heavy atom. The summed E-state index contributed by atoms with van der Waals surface area (Å²) in [6.45, 7) is 1.81. The summed E-state index contributed by atoms with van der Waals surface area (Å²) in [5.41, 5.74) is 6.41. The van der Waals surface area contributed by atoms with Crippen molar-refractivity contribution in [2.24, 2.45) is 0 Å². The van der Waals surface area contributed by atoms with Gasteiger partial charge in [0, 0.05) is 11.8 Å². The molecule has 0 saturated carbocycles. The molecule has 2 aromatic rings. The second-order valence-corrected chi connectivity index (χ2v) is 4.21. The average Bonchev–Trinajstić information content (AvgIpc) is 2.90. The molecule has 0 fully saturated rings. The number of amides is 1. The van der Waals surface area contributed by atoms with E-state index in [1.807, 2.05) is 0 Å². The highest BCUT2D eigenvalue weighted by Crippen LogP contribution is 2.31. The zero-order valence-electron chi connectivity index (χ0n) is 12.0. The standard InChI is InChI=1S/C13H16N4O4/c1-7-16-12(21-17-7)6-15-13(18)8-4-10(19-2)11(20-3)5-9(8)14/h4-5H,6,14H2,1-3H3,(H,15,18). The molecule has 0 saturated heterocycles. The van der Waals surface area contributed by atoms with E-state index in [0.717, 1.165) is 0 Å². The van der Waals surface area contributed by atoms with Crippen LogP contribution in [0.2, 0.25) is 0 Å². The molecular formula is C13H16N4O4. The Bertz CT molecular complexity index is 654. The number of ether oxygens (including phenoxy) is 2. The SMILES string of the molecule is COc1cc(N)c(C(=O)NCc2nc(C)no2)cc1OC. The van der Waals surface area contributed by atoms with Gasteiger partial charge in [-0.05, 0) is 13.0 Å². The molecule has 8 nitrogen and oxygen atoms in total. The Labute approximate surface area is 121 Å². The maximum Gasteiger partial charge on any atom is 0.253 e. The Balaban J connectivity index is 2.15. The molecule has 0 atom stereocenters. The molecule has 1 amide bonds. The van der Waals surface area contributed by atoms with Gasteiger partial charge in [0.2, 0.25) is 5.89 Å². The van der Waals surface area contributed by atoms with E-state index in [-0.39, 0.29) is 23.7 Å². The van der Waals surface area contributed by atoms with Crippen LogP contribution in [0.4, 0.5) is 5.69 Å². The molecule has 0 spiro atoms. The van der Waals surface area contributed by atoms with Gasteiger partial charge in [0.15, 0.2) is 17.3 Å². The minimum Gasteiger partial charge on any atom is -0.493 e. The fraction of sp³-hybridized carbons (Fsp3) is 0.308. The molecular weight excluding hydrogens is 276 g/mol. The lowest BCUT2D eigenvalue weighted by Gasteiger charge is -2.12. The summed E-state index contributed by atoms with van der Waals surface area (Å²) in [6, 6.07) is 3.05. The van der Waals surface area contributed by atoms with Gasteiger partial charge in [-0.15, -0.1) is 0 Å². The second-order valence-electron chi connectivity index (χ2n) is 4.21. The van der Waals surface area contributed by atoms with E-state index in [1.54, 1.807) is 6.92 Å². The maximum atomic E-state index is 12.1. The summed E-state index contributed by atoms with van der Waals surface area (Å²) in [5.74, 6) is 1.33. The fourth-order valence-electron chi connectivity index (χ4n) is 1.75. The summed E-state index contributed by atoms with van der Waals surface area (Å²) >= 11 is 0. The number of anilines is 1. The monoisotopic (exact) mass is 292 g/mol. The number of carbonyl (C=O) groups is 1. The number of rotatable bonds is 5. The molecule has 1 heterocycles. The Kier molecular flexibility index (Phi) is 4.27. The number of nitrogens with two attached hydrogens (primary N) is 1. The number of methoxy groups -OCH3 is 2. The molecule has 0 aliphatic rings. The predicted molar refractivity (Wildman–Crippen MR) is 74.2 cm³/mol. The molecule has 0 unspecified atom stereocenters. The Morgan fingerprint density at radius 1 is 1.33 bits per heavy atom. The molecule has 112 valence electrons. The molecule has 2 rings (SSSR count). The topological polar surface area (TPSA) is 112 Å². The van der Waals surface area contributed by atoms with E-state index in [0.29, 0.717) is 23.2 Å². The van der Waals surface area contributed by atoms with Crippen molar-refractivity contribution in [2.75, 3.05) is 20.0 Å². The lowest BCUT2D eigenvalue weighted by atomic mass is 10.1. The van der Waals surface area contributed by atoms with E-state index >= 15 is 0 Å². The van der Waals surface area contributed by atoms with Gasteiger partial charge in [-0.3, -0.25) is 4.79 Å². The number of nitrogens with one attached hydrogen (secondary N) is 1. The molecule has 0 radical (unpaired) electrons. The van der Waals surface area contributed by atoms with Gasteiger partial charge in [0.05, 0.1) is 26.3 Å². The van der Waals surface area contributed by atoms with Crippen LogP contribution in [-0.4, -0.2) is 30.3 Å². The molecule has 0 bridgehead atoms. The summed E-state index contributed by atoms with van der Waals surface area (Å²) in [4.78, 5) is 16.1. The van der Waals surface area contributed by atoms with Gasteiger partial charge in [0.25, 0.3) is 5.91 Å². The van der Waals surface area contributed by atoms with Crippen molar-refractivity contribution in [3.05, 3.63) is 29.4 Å². The predicted octanol–water partition coefficient (Wildman–Crippen LogP) is 0.907. The van der Waals surface area contributed by atoms with Gasteiger partial charge >= 0.3 is 0 Å². The van der Waals surface area contributed by atoms with Crippen molar-refractivity contribution in [1.82, 2.24) is 15.5 Å². The Hall–Kier alpha value is -2.77. The van der Waals surface area contributed by atoms with E-state index < -0.39 is 0 Å². The Morgan fingerprint density at radius 3 is 2.57 bits per heavy atom. The van der Waals surface area contributed by atoms with E-state index in [9.17, 15) is 4.79 Å². The number of aryl methyl sites for hydroxylation is 1. The normalized spacial score (nSPS) is 10.2. The molecule has 21 heavy (non-hydrogen) atoms. The average molecular weight is 292 g/mol. The molecule has 0 aliphatic carbocycles. The number of benzene rings is 1. The lowest BCUT2D eigenvalue weighted by molar-refractivity contribution is 0.0947. The number of hydrogen-bond donors (Lipinski definition) is 2. The first-order valence-electron chi connectivity index (χ1n) is 6.14. The van der Waals surface area contributed by atoms with Crippen molar-refractivity contribution in [1.29, 1.82) is 0 Å². The number of carbonyl (C=O) groups excluding carboxylic acids is 1. The van der Waals surface area contributed by atoms with Crippen molar-refractivity contribution in [2.45, 2.75) is 13.5 Å². The van der Waals surface area contributed by atoms with Crippen LogP contribution in [0.3, 0.4) is 0 Å². The van der Waals surface area contributed by atoms with E-state index in [2.05, 4.69) is 15.5 Å². The number of aromatic nitrogens is 2. The summed E-state index contributed by atoms with van der Waals surface area (Å²) < 4.78 is 15.2. The zero-order chi connectivity index (χ0) is 15.4. The largest absolute Gasteiger partial charge is 0.493 e. The first kappa shape index (κ1) is 14.6. The number of hydrogen-bond acceptors (Lipinski definition) is 7. The molecule has 3 N–H and O–H groups in total. The third-order valence-corrected chi connectivity index (χ3v) is 2.77. The highest BCUT2D eigenvalue weighted by molar-refractivity contribution is 6.00. The molecule has 0 aliphatic heterocycles. The van der Waals surface area contributed by atoms with E-state index in [1.165, 1.54) is 26.4 Å². The minimum absolute atomic E-state index is 0.119. The van der Waals surface area contributed by atoms with Gasteiger partial charge in [-0.25, -0.2) is 0 Å². The highest BCUT2D eigenvalue weighted by Gasteiger charge is 2.16. The highest BCUT2D eigenvalue weighted by atomic mass is 16.5. The lowest BCUT2D eigenvalue weighted by Crippen LogP contribution is -2.24. The summed E-state index contributed by atoms with van der Waals surface area (Å²) in [5, 5.41) is 6.28. The number of nitrogens with zero attached hydrogens (tertiary/aromatic N) is 2. The molecule has 1 aromatic carbocycles.